The monoisotopic (exact) mass is 446 g/mol. The molecule has 3 aromatic rings. The standard InChI is InChI=1S/C20H26N6O4S/c1-25-11-9-15(24-25)20-23-22-18(13-31(27,28)14-6-5-10-21-12-14)26(20)19-16(29-2)7-4-8-17(19)30-3/h4,7-9,11,14,21H,5-6,10,12-13H2,1-3H3/t14-/m0/s1. The van der Waals surface area contributed by atoms with Gasteiger partial charge in [0.05, 0.1) is 19.5 Å². The van der Waals surface area contributed by atoms with Crippen molar-refractivity contribution in [3.63, 3.8) is 0 Å². The summed E-state index contributed by atoms with van der Waals surface area (Å²) in [5, 5.41) is 15.7. The fraction of sp³-hybridized carbons (Fsp3) is 0.450. The zero-order valence-electron chi connectivity index (χ0n) is 17.8. The van der Waals surface area contributed by atoms with E-state index in [9.17, 15) is 8.42 Å². The molecule has 11 heteroatoms. The number of hydrogen-bond acceptors (Lipinski definition) is 8. The van der Waals surface area contributed by atoms with Gasteiger partial charge in [0.2, 0.25) is 0 Å². The fourth-order valence-corrected chi connectivity index (χ4v) is 5.50. The van der Waals surface area contributed by atoms with Crippen LogP contribution in [0.25, 0.3) is 17.2 Å². The van der Waals surface area contributed by atoms with Crippen molar-refractivity contribution in [1.29, 1.82) is 0 Å². The number of ether oxygens (including phenoxy) is 2. The third-order valence-corrected chi connectivity index (χ3v) is 7.47. The summed E-state index contributed by atoms with van der Waals surface area (Å²) in [7, 11) is 1.44. The van der Waals surface area contributed by atoms with Gasteiger partial charge in [0.1, 0.15) is 28.6 Å². The quantitative estimate of drug-likeness (QED) is 0.579. The Labute approximate surface area is 181 Å². The zero-order chi connectivity index (χ0) is 22.0. The van der Waals surface area contributed by atoms with Crippen LogP contribution in [0.5, 0.6) is 11.5 Å². The van der Waals surface area contributed by atoms with Gasteiger partial charge in [-0.05, 0) is 37.6 Å². The normalized spacial score (nSPS) is 16.9. The summed E-state index contributed by atoms with van der Waals surface area (Å²) in [5.41, 5.74) is 1.09. The van der Waals surface area contributed by atoms with Gasteiger partial charge in [0.25, 0.3) is 0 Å². The van der Waals surface area contributed by atoms with Crippen LogP contribution in [0, 0.1) is 0 Å². The summed E-state index contributed by atoms with van der Waals surface area (Å²) in [5.74, 6) is 1.47. The third-order valence-electron chi connectivity index (χ3n) is 5.39. The van der Waals surface area contributed by atoms with Crippen molar-refractivity contribution >= 4 is 9.84 Å². The van der Waals surface area contributed by atoms with Crippen molar-refractivity contribution in [3.8, 4) is 28.7 Å². The van der Waals surface area contributed by atoms with E-state index in [0.717, 1.165) is 13.0 Å². The number of para-hydroxylation sites is 1. The van der Waals surface area contributed by atoms with Crippen LogP contribution < -0.4 is 14.8 Å². The predicted molar refractivity (Wildman–Crippen MR) is 115 cm³/mol. The lowest BCUT2D eigenvalue weighted by atomic mass is 10.2. The lowest BCUT2D eigenvalue weighted by Crippen LogP contribution is -2.39. The molecule has 0 bridgehead atoms. The summed E-state index contributed by atoms with van der Waals surface area (Å²) >= 11 is 0. The number of aryl methyl sites for hydroxylation is 1. The van der Waals surface area contributed by atoms with Crippen molar-refractivity contribution in [2.45, 2.75) is 23.8 Å². The van der Waals surface area contributed by atoms with Crippen LogP contribution in [0.2, 0.25) is 0 Å². The molecule has 1 aliphatic heterocycles. The van der Waals surface area contributed by atoms with E-state index in [-0.39, 0.29) is 11.6 Å². The Bertz CT molecular complexity index is 1140. The molecule has 3 heterocycles. The average molecular weight is 447 g/mol. The highest BCUT2D eigenvalue weighted by Gasteiger charge is 2.31. The maximum atomic E-state index is 13.2. The Morgan fingerprint density at radius 3 is 2.48 bits per heavy atom. The predicted octanol–water partition coefficient (Wildman–Crippen LogP) is 1.35. The van der Waals surface area contributed by atoms with Crippen molar-refractivity contribution in [2.24, 2.45) is 7.05 Å². The van der Waals surface area contributed by atoms with E-state index >= 15 is 0 Å². The number of benzene rings is 1. The molecule has 4 rings (SSSR count). The molecular weight excluding hydrogens is 420 g/mol. The van der Waals surface area contributed by atoms with E-state index in [1.807, 2.05) is 0 Å². The zero-order valence-corrected chi connectivity index (χ0v) is 18.6. The summed E-state index contributed by atoms with van der Waals surface area (Å²) in [6.45, 7) is 1.28. The van der Waals surface area contributed by atoms with Crippen LogP contribution in [0.1, 0.15) is 18.7 Å². The van der Waals surface area contributed by atoms with Gasteiger partial charge in [0.15, 0.2) is 21.5 Å². The van der Waals surface area contributed by atoms with Gasteiger partial charge < -0.3 is 14.8 Å². The number of piperidine rings is 1. The second-order valence-corrected chi connectivity index (χ2v) is 9.72. The van der Waals surface area contributed by atoms with Crippen LogP contribution in [0.3, 0.4) is 0 Å². The van der Waals surface area contributed by atoms with E-state index in [0.29, 0.717) is 41.7 Å². The van der Waals surface area contributed by atoms with Crippen LogP contribution in [0.4, 0.5) is 0 Å². The molecule has 1 atom stereocenters. The lowest BCUT2D eigenvalue weighted by Gasteiger charge is -2.23. The summed E-state index contributed by atoms with van der Waals surface area (Å²) < 4.78 is 40.8. The number of sulfone groups is 1. The minimum absolute atomic E-state index is 0.250. The van der Waals surface area contributed by atoms with Gasteiger partial charge in [-0.25, -0.2) is 8.42 Å². The minimum atomic E-state index is -3.46. The third kappa shape index (κ3) is 4.15. The molecule has 166 valence electrons. The van der Waals surface area contributed by atoms with Gasteiger partial charge in [0, 0.05) is 19.8 Å². The number of hydrogen-bond donors (Lipinski definition) is 1. The molecule has 2 aromatic heterocycles. The van der Waals surface area contributed by atoms with Crippen LogP contribution in [-0.4, -0.2) is 65.5 Å². The molecule has 1 aromatic carbocycles. The van der Waals surface area contributed by atoms with Crippen LogP contribution >= 0.6 is 0 Å². The van der Waals surface area contributed by atoms with Gasteiger partial charge >= 0.3 is 0 Å². The molecule has 1 saturated heterocycles. The Morgan fingerprint density at radius 2 is 1.90 bits per heavy atom. The highest BCUT2D eigenvalue weighted by atomic mass is 32.2. The highest BCUT2D eigenvalue weighted by molar-refractivity contribution is 7.91. The second-order valence-electron chi connectivity index (χ2n) is 7.44. The van der Waals surface area contributed by atoms with Gasteiger partial charge in [-0.15, -0.1) is 10.2 Å². The van der Waals surface area contributed by atoms with Gasteiger partial charge in [-0.3, -0.25) is 9.25 Å². The summed E-state index contributed by atoms with van der Waals surface area (Å²) in [6.07, 6.45) is 3.25. The molecule has 0 unspecified atom stereocenters. The van der Waals surface area contributed by atoms with E-state index in [2.05, 4.69) is 20.6 Å². The molecule has 0 amide bonds. The Hall–Kier alpha value is -2.92. The Morgan fingerprint density at radius 1 is 1.16 bits per heavy atom. The van der Waals surface area contributed by atoms with Crippen molar-refractivity contribution in [3.05, 3.63) is 36.3 Å². The molecule has 31 heavy (non-hydrogen) atoms. The van der Waals surface area contributed by atoms with Gasteiger partial charge in [-0.2, -0.15) is 5.10 Å². The molecule has 1 N–H and O–H groups in total. The molecule has 10 nitrogen and oxygen atoms in total. The molecule has 0 aliphatic carbocycles. The van der Waals surface area contributed by atoms with Crippen molar-refractivity contribution < 1.29 is 17.9 Å². The Kier molecular flexibility index (Phi) is 5.96. The first kappa shape index (κ1) is 21.3. The molecule has 0 saturated carbocycles. The maximum Gasteiger partial charge on any atom is 0.189 e. The first-order chi connectivity index (χ1) is 14.9. The largest absolute Gasteiger partial charge is 0.494 e. The van der Waals surface area contributed by atoms with Crippen LogP contribution in [-0.2, 0) is 22.6 Å². The fourth-order valence-electron chi connectivity index (χ4n) is 3.82. The number of aromatic nitrogens is 5. The number of methoxy groups -OCH3 is 2. The number of nitrogens with zero attached hydrogens (tertiary/aromatic N) is 5. The Balaban J connectivity index is 1.87. The smallest absolute Gasteiger partial charge is 0.189 e. The van der Waals surface area contributed by atoms with E-state index < -0.39 is 15.1 Å². The van der Waals surface area contributed by atoms with E-state index in [1.165, 1.54) is 0 Å². The van der Waals surface area contributed by atoms with Crippen molar-refractivity contribution in [2.75, 3.05) is 27.3 Å². The first-order valence-electron chi connectivity index (χ1n) is 10.0. The maximum absolute atomic E-state index is 13.2. The van der Waals surface area contributed by atoms with Crippen LogP contribution in [0.15, 0.2) is 30.5 Å². The highest BCUT2D eigenvalue weighted by Crippen LogP contribution is 2.36. The molecular formula is C20H26N6O4S. The van der Waals surface area contributed by atoms with E-state index in [4.69, 9.17) is 9.47 Å². The minimum Gasteiger partial charge on any atom is -0.494 e. The average Bonchev–Trinajstić information content (AvgIpc) is 3.39. The first-order valence-corrected chi connectivity index (χ1v) is 11.7. The number of rotatable bonds is 7. The van der Waals surface area contributed by atoms with E-state index in [1.54, 1.807) is 61.0 Å². The van der Waals surface area contributed by atoms with Crippen molar-refractivity contribution in [1.82, 2.24) is 29.9 Å². The molecule has 1 aliphatic rings. The second kappa shape index (κ2) is 8.67. The summed E-state index contributed by atoms with van der Waals surface area (Å²) in [4.78, 5) is 0. The summed E-state index contributed by atoms with van der Waals surface area (Å²) in [6, 6.07) is 7.16. The lowest BCUT2D eigenvalue weighted by molar-refractivity contribution is 0.390. The molecule has 0 radical (unpaired) electrons. The SMILES string of the molecule is COc1cccc(OC)c1-n1c(CS(=O)(=O)[C@H]2CCCNC2)nnc1-c1ccn(C)n1. The topological polar surface area (TPSA) is 113 Å². The number of nitrogens with one attached hydrogen (secondary N) is 1. The van der Waals surface area contributed by atoms with Gasteiger partial charge in [-0.1, -0.05) is 6.07 Å². The molecule has 1 fully saturated rings. The molecule has 0 spiro atoms.